The number of aromatic nitrogens is 2. The standard InChI is InChI=1S/C14H7N2S3/c1-3-11(17-7-1)9-5-6-10(12-4-2-8-18-12)14-13(9)15-19-16-14/h1-7H. The van der Waals surface area contributed by atoms with Crippen molar-refractivity contribution in [3.8, 4) is 20.9 Å². The van der Waals surface area contributed by atoms with Crippen molar-refractivity contribution in [2.45, 2.75) is 0 Å². The molecule has 0 unspecified atom stereocenters. The minimum atomic E-state index is 0.992. The molecule has 0 atom stereocenters. The van der Waals surface area contributed by atoms with E-state index >= 15 is 0 Å². The molecule has 1 aromatic carbocycles. The molecule has 0 aliphatic rings. The van der Waals surface area contributed by atoms with Crippen LogP contribution in [0, 0.1) is 5.38 Å². The van der Waals surface area contributed by atoms with Crippen LogP contribution in [-0.4, -0.2) is 8.75 Å². The molecule has 0 aliphatic heterocycles. The first-order valence-electron chi connectivity index (χ1n) is 5.69. The zero-order chi connectivity index (χ0) is 12.7. The molecule has 0 spiro atoms. The summed E-state index contributed by atoms with van der Waals surface area (Å²) in [7, 11) is 0. The Kier molecular flexibility index (Phi) is 2.69. The average Bonchev–Trinajstić information content (AvgIpc) is 3.19. The third kappa shape index (κ3) is 1.82. The average molecular weight is 299 g/mol. The molecule has 0 saturated heterocycles. The summed E-state index contributed by atoms with van der Waals surface area (Å²) in [5.74, 6) is 0. The third-order valence-electron chi connectivity index (χ3n) is 2.94. The number of rotatable bonds is 2. The first-order chi connectivity index (χ1) is 9.43. The minimum absolute atomic E-state index is 0.992. The predicted octanol–water partition coefficient (Wildman–Crippen LogP) is 4.95. The summed E-state index contributed by atoms with van der Waals surface area (Å²) in [6, 6.07) is 12.5. The summed E-state index contributed by atoms with van der Waals surface area (Å²) >= 11 is 4.62. The molecule has 2 nitrogen and oxygen atoms in total. The van der Waals surface area contributed by atoms with Crippen LogP contribution in [0.3, 0.4) is 0 Å². The zero-order valence-electron chi connectivity index (χ0n) is 9.66. The highest BCUT2D eigenvalue weighted by Crippen LogP contribution is 2.37. The number of fused-ring (bicyclic) bond motifs is 1. The first kappa shape index (κ1) is 11.3. The third-order valence-corrected chi connectivity index (χ3v) is 5.20. The lowest BCUT2D eigenvalue weighted by atomic mass is 10.1. The molecule has 5 heteroatoms. The maximum absolute atomic E-state index is 4.48. The summed E-state index contributed by atoms with van der Waals surface area (Å²) in [6.07, 6.45) is 0. The van der Waals surface area contributed by atoms with Gasteiger partial charge in [-0.25, -0.2) is 0 Å². The van der Waals surface area contributed by atoms with E-state index in [1.54, 1.807) is 22.7 Å². The summed E-state index contributed by atoms with van der Waals surface area (Å²) in [6.45, 7) is 0. The fourth-order valence-corrected chi connectivity index (χ4v) is 4.08. The van der Waals surface area contributed by atoms with E-state index in [9.17, 15) is 0 Å². The van der Waals surface area contributed by atoms with E-state index < -0.39 is 0 Å². The highest BCUT2D eigenvalue weighted by molar-refractivity contribution is 7.14. The van der Waals surface area contributed by atoms with Gasteiger partial charge in [0.1, 0.15) is 11.0 Å². The Hall–Kier alpha value is -1.56. The van der Waals surface area contributed by atoms with E-state index in [0.29, 0.717) is 0 Å². The van der Waals surface area contributed by atoms with E-state index in [4.69, 9.17) is 0 Å². The van der Waals surface area contributed by atoms with Gasteiger partial charge in [0.2, 0.25) is 0 Å². The van der Waals surface area contributed by atoms with Gasteiger partial charge < -0.3 is 0 Å². The van der Waals surface area contributed by atoms with Gasteiger partial charge in [-0.05, 0) is 23.6 Å². The van der Waals surface area contributed by atoms with Gasteiger partial charge in [0.25, 0.3) is 0 Å². The van der Waals surface area contributed by atoms with Crippen molar-refractivity contribution in [1.82, 2.24) is 8.75 Å². The molecule has 0 saturated carbocycles. The van der Waals surface area contributed by atoms with Gasteiger partial charge in [-0.15, -0.1) is 22.7 Å². The van der Waals surface area contributed by atoms with Crippen molar-refractivity contribution >= 4 is 45.4 Å². The molecule has 0 bridgehead atoms. The van der Waals surface area contributed by atoms with Crippen molar-refractivity contribution in [3.63, 3.8) is 0 Å². The number of benzene rings is 1. The second kappa shape index (κ2) is 4.52. The maximum Gasteiger partial charge on any atom is 0.114 e. The van der Waals surface area contributed by atoms with Gasteiger partial charge in [-0.3, -0.25) is 0 Å². The van der Waals surface area contributed by atoms with Crippen LogP contribution in [0.4, 0.5) is 0 Å². The molecule has 91 valence electrons. The summed E-state index contributed by atoms with van der Waals surface area (Å²) < 4.78 is 8.95. The van der Waals surface area contributed by atoms with E-state index in [1.165, 1.54) is 27.0 Å². The Morgan fingerprint density at radius 1 is 0.895 bits per heavy atom. The first-order valence-corrected chi connectivity index (χ1v) is 8.11. The second-order valence-electron chi connectivity index (χ2n) is 4.02. The summed E-state index contributed by atoms with van der Waals surface area (Å²) in [4.78, 5) is 2.43. The van der Waals surface area contributed by atoms with Crippen molar-refractivity contribution in [2.24, 2.45) is 0 Å². The fourth-order valence-electron chi connectivity index (χ4n) is 2.08. The number of hydrogen-bond donors (Lipinski definition) is 0. The van der Waals surface area contributed by atoms with Crippen LogP contribution in [-0.2, 0) is 0 Å². The monoisotopic (exact) mass is 299 g/mol. The van der Waals surface area contributed by atoms with Crippen LogP contribution in [0.15, 0.2) is 41.8 Å². The predicted molar refractivity (Wildman–Crippen MR) is 82.9 cm³/mol. The van der Waals surface area contributed by atoms with E-state index in [2.05, 4.69) is 49.8 Å². The SMILES string of the molecule is [c]1ccc(-c2ccc(-c3cccs3)c3nsnc23)s1. The van der Waals surface area contributed by atoms with Gasteiger partial charge in [0.05, 0.1) is 11.7 Å². The largest absolute Gasteiger partial charge is 0.172 e. The van der Waals surface area contributed by atoms with E-state index in [0.717, 1.165) is 16.6 Å². The summed E-state index contributed by atoms with van der Waals surface area (Å²) in [5, 5.41) is 5.21. The van der Waals surface area contributed by atoms with E-state index in [-0.39, 0.29) is 0 Å². The second-order valence-corrected chi connectivity index (χ2v) is 6.37. The highest BCUT2D eigenvalue weighted by atomic mass is 32.1. The Bertz CT molecular complexity index is 746. The molecule has 0 amide bonds. The van der Waals surface area contributed by atoms with Crippen LogP contribution in [0.1, 0.15) is 0 Å². The van der Waals surface area contributed by atoms with Gasteiger partial charge in [0.15, 0.2) is 0 Å². The van der Waals surface area contributed by atoms with E-state index in [1.807, 2.05) is 6.07 Å². The zero-order valence-corrected chi connectivity index (χ0v) is 12.1. The molecule has 19 heavy (non-hydrogen) atoms. The molecular formula is C14H7N2S3. The lowest BCUT2D eigenvalue weighted by Crippen LogP contribution is -1.81. The Labute approximate surface area is 122 Å². The minimum Gasteiger partial charge on any atom is -0.172 e. The molecular weight excluding hydrogens is 292 g/mol. The molecule has 1 radical (unpaired) electrons. The number of hydrogen-bond acceptors (Lipinski definition) is 5. The topological polar surface area (TPSA) is 25.8 Å². The molecule has 4 aromatic rings. The Morgan fingerprint density at radius 2 is 1.68 bits per heavy atom. The Morgan fingerprint density at radius 3 is 2.32 bits per heavy atom. The van der Waals surface area contributed by atoms with Gasteiger partial charge in [-0.1, -0.05) is 18.2 Å². The van der Waals surface area contributed by atoms with Crippen molar-refractivity contribution in [3.05, 3.63) is 47.2 Å². The lowest BCUT2D eigenvalue weighted by Gasteiger charge is -2.03. The maximum atomic E-state index is 4.48. The van der Waals surface area contributed by atoms with Gasteiger partial charge >= 0.3 is 0 Å². The summed E-state index contributed by atoms with van der Waals surface area (Å²) in [5.41, 5.74) is 4.31. The number of thiophene rings is 2. The van der Waals surface area contributed by atoms with Crippen LogP contribution in [0.25, 0.3) is 31.9 Å². The fraction of sp³-hybridized carbons (Fsp3) is 0. The van der Waals surface area contributed by atoms with Crippen LogP contribution in [0.5, 0.6) is 0 Å². The van der Waals surface area contributed by atoms with Crippen LogP contribution < -0.4 is 0 Å². The molecule has 4 rings (SSSR count). The lowest BCUT2D eigenvalue weighted by molar-refractivity contribution is 1.63. The normalized spacial score (nSPS) is 11.2. The molecule has 0 fully saturated rings. The van der Waals surface area contributed by atoms with Crippen LogP contribution >= 0.6 is 34.4 Å². The highest BCUT2D eigenvalue weighted by Gasteiger charge is 2.13. The van der Waals surface area contributed by atoms with Crippen molar-refractivity contribution in [1.29, 1.82) is 0 Å². The molecule has 0 aliphatic carbocycles. The smallest absolute Gasteiger partial charge is 0.114 e. The molecule has 3 aromatic heterocycles. The molecule has 3 heterocycles. The van der Waals surface area contributed by atoms with Gasteiger partial charge in [-0.2, -0.15) is 8.75 Å². The van der Waals surface area contributed by atoms with Crippen molar-refractivity contribution < 1.29 is 0 Å². The van der Waals surface area contributed by atoms with Crippen molar-refractivity contribution in [2.75, 3.05) is 0 Å². The van der Waals surface area contributed by atoms with Gasteiger partial charge in [0, 0.05) is 26.3 Å². The Balaban J connectivity index is 2.01. The number of nitrogens with zero attached hydrogens (tertiary/aromatic N) is 2. The van der Waals surface area contributed by atoms with Crippen LogP contribution in [0.2, 0.25) is 0 Å². The molecule has 0 N–H and O–H groups in total. The quantitative estimate of drug-likeness (QED) is 0.523.